The number of benzene rings is 1. The number of aromatic nitrogens is 2. The van der Waals surface area contributed by atoms with Gasteiger partial charge in [-0.1, -0.05) is 43.7 Å². The Balaban J connectivity index is 1.76. The van der Waals surface area contributed by atoms with Gasteiger partial charge < -0.3 is 10.2 Å². The minimum absolute atomic E-state index is 0.0176. The van der Waals surface area contributed by atoms with Crippen LogP contribution >= 0.6 is 11.8 Å². The lowest BCUT2D eigenvalue weighted by Crippen LogP contribution is -3.11. The van der Waals surface area contributed by atoms with E-state index in [1.54, 1.807) is 4.57 Å². The molecule has 2 atom stereocenters. The Morgan fingerprint density at radius 2 is 1.97 bits per heavy atom. The predicted octanol–water partition coefficient (Wildman–Crippen LogP) is 2.11. The topological polar surface area (TPSA) is 68.4 Å². The third kappa shape index (κ3) is 5.64. The van der Waals surface area contributed by atoms with Gasteiger partial charge in [0.1, 0.15) is 0 Å². The van der Waals surface area contributed by atoms with Gasteiger partial charge in [-0.25, -0.2) is 4.98 Å². The van der Waals surface area contributed by atoms with Gasteiger partial charge in [-0.2, -0.15) is 0 Å². The number of hydrogen-bond donors (Lipinski definition) is 2. The highest BCUT2D eigenvalue weighted by Crippen LogP contribution is 2.24. The maximum atomic E-state index is 13.1. The monoisotopic (exact) mass is 431 g/mol. The number of para-hydroxylation sites is 1. The average Bonchev–Trinajstić information content (AvgIpc) is 2.76. The number of nitrogens with one attached hydrogen (secondary N) is 2. The highest BCUT2D eigenvalue weighted by atomic mass is 32.2. The van der Waals surface area contributed by atoms with Crippen molar-refractivity contribution in [2.24, 2.45) is 5.92 Å². The summed E-state index contributed by atoms with van der Waals surface area (Å²) in [5.74, 6) is 0.843. The Kier molecular flexibility index (Phi) is 8.33. The summed E-state index contributed by atoms with van der Waals surface area (Å²) >= 11 is 1.37. The average molecular weight is 432 g/mol. The first-order valence-electron chi connectivity index (χ1n) is 11.3. The maximum absolute atomic E-state index is 13.1. The standard InChI is InChI=1S/C23H34N4O2S/c1-4-26(5-2)14-15-27-22(29)18-11-7-9-13-20(18)25-23(27)30-16-21(28)24-19-12-8-6-10-17(19)3/h7,9,11,13,17,19H,4-6,8,10,12,14-16H2,1-3H3,(H,24,28)/p+1/t17-,19-/m1/s1. The van der Waals surface area contributed by atoms with Crippen LogP contribution < -0.4 is 15.8 Å². The van der Waals surface area contributed by atoms with Crippen LogP contribution in [0.4, 0.5) is 0 Å². The molecular formula is C23H35N4O2S+. The smallest absolute Gasteiger partial charge is 0.262 e. The van der Waals surface area contributed by atoms with E-state index < -0.39 is 0 Å². The molecule has 1 aliphatic carbocycles. The van der Waals surface area contributed by atoms with Gasteiger partial charge in [-0.15, -0.1) is 0 Å². The van der Waals surface area contributed by atoms with Crippen LogP contribution in [-0.2, 0) is 11.3 Å². The normalized spacial score (nSPS) is 19.3. The Labute approximate surface area is 183 Å². The fourth-order valence-corrected chi connectivity index (χ4v) is 5.07. The summed E-state index contributed by atoms with van der Waals surface area (Å²) in [7, 11) is 0. The van der Waals surface area contributed by atoms with E-state index in [4.69, 9.17) is 4.98 Å². The molecule has 1 fully saturated rings. The SMILES string of the molecule is CC[NH+](CC)CCn1c(SCC(=O)N[C@@H]2CCCC[C@H]2C)nc2ccccc2c1=O. The Hall–Kier alpha value is -1.86. The highest BCUT2D eigenvalue weighted by Gasteiger charge is 2.23. The van der Waals surface area contributed by atoms with E-state index in [-0.39, 0.29) is 23.3 Å². The molecule has 3 rings (SSSR count). The van der Waals surface area contributed by atoms with Crippen molar-refractivity contribution < 1.29 is 9.69 Å². The van der Waals surface area contributed by atoms with E-state index in [0.717, 1.165) is 26.1 Å². The molecule has 164 valence electrons. The van der Waals surface area contributed by atoms with Gasteiger partial charge in [0.25, 0.3) is 5.56 Å². The lowest BCUT2D eigenvalue weighted by Gasteiger charge is -2.29. The van der Waals surface area contributed by atoms with Crippen LogP contribution in [0.2, 0.25) is 0 Å². The zero-order valence-electron chi connectivity index (χ0n) is 18.4. The number of nitrogens with zero attached hydrogens (tertiary/aromatic N) is 2. The van der Waals surface area contributed by atoms with Crippen LogP contribution in [0.1, 0.15) is 46.5 Å². The molecule has 0 radical (unpaired) electrons. The highest BCUT2D eigenvalue weighted by molar-refractivity contribution is 7.99. The number of carbonyl (C=O) groups is 1. The molecule has 1 aromatic carbocycles. The number of fused-ring (bicyclic) bond motifs is 1. The van der Waals surface area contributed by atoms with Crippen molar-refractivity contribution in [3.63, 3.8) is 0 Å². The molecule has 0 spiro atoms. The third-order valence-electron chi connectivity index (χ3n) is 6.31. The number of likely N-dealkylation sites (N-methyl/N-ethyl adjacent to an activating group) is 1. The van der Waals surface area contributed by atoms with Gasteiger partial charge in [0.15, 0.2) is 5.16 Å². The molecule has 1 heterocycles. The first-order chi connectivity index (χ1) is 14.5. The Bertz CT molecular complexity index is 910. The number of thioether (sulfide) groups is 1. The van der Waals surface area contributed by atoms with E-state index in [2.05, 4.69) is 26.1 Å². The Morgan fingerprint density at radius 3 is 2.70 bits per heavy atom. The summed E-state index contributed by atoms with van der Waals surface area (Å²) in [6.07, 6.45) is 4.67. The van der Waals surface area contributed by atoms with Gasteiger partial charge >= 0.3 is 0 Å². The van der Waals surface area contributed by atoms with Crippen molar-refractivity contribution in [2.45, 2.75) is 64.2 Å². The van der Waals surface area contributed by atoms with Crippen molar-refractivity contribution >= 4 is 28.6 Å². The molecule has 1 aromatic heterocycles. The fraction of sp³-hybridized carbons (Fsp3) is 0.609. The second kappa shape index (κ2) is 11.0. The zero-order chi connectivity index (χ0) is 21.5. The number of hydrogen-bond acceptors (Lipinski definition) is 4. The van der Waals surface area contributed by atoms with Crippen molar-refractivity contribution in [2.75, 3.05) is 25.4 Å². The van der Waals surface area contributed by atoms with Gasteiger partial charge in [0, 0.05) is 6.04 Å². The largest absolute Gasteiger partial charge is 0.352 e. The van der Waals surface area contributed by atoms with Crippen molar-refractivity contribution in [3.05, 3.63) is 34.6 Å². The van der Waals surface area contributed by atoms with Crippen LogP contribution in [0, 0.1) is 5.92 Å². The quantitative estimate of drug-likeness (QED) is 0.471. The molecule has 2 aromatic rings. The molecule has 2 N–H and O–H groups in total. The molecule has 1 aliphatic rings. The van der Waals surface area contributed by atoms with Crippen molar-refractivity contribution in [3.8, 4) is 0 Å². The molecular weight excluding hydrogens is 396 g/mol. The first-order valence-corrected chi connectivity index (χ1v) is 12.3. The summed E-state index contributed by atoms with van der Waals surface area (Å²) in [4.78, 5) is 31.9. The Morgan fingerprint density at radius 1 is 1.23 bits per heavy atom. The van der Waals surface area contributed by atoms with Crippen LogP contribution in [0.5, 0.6) is 0 Å². The summed E-state index contributed by atoms with van der Waals surface area (Å²) in [5.41, 5.74) is 0.675. The molecule has 0 saturated heterocycles. The van der Waals surface area contributed by atoms with Crippen LogP contribution in [0.25, 0.3) is 10.9 Å². The number of carbonyl (C=O) groups excluding carboxylic acids is 1. The van der Waals surface area contributed by atoms with Gasteiger partial charge in [0.2, 0.25) is 5.91 Å². The van der Waals surface area contributed by atoms with E-state index >= 15 is 0 Å². The van der Waals surface area contributed by atoms with E-state index in [0.29, 0.717) is 28.5 Å². The summed E-state index contributed by atoms with van der Waals surface area (Å²) in [5, 5.41) is 4.47. The predicted molar refractivity (Wildman–Crippen MR) is 123 cm³/mol. The number of rotatable bonds is 9. The van der Waals surface area contributed by atoms with Crippen molar-refractivity contribution in [1.82, 2.24) is 14.9 Å². The molecule has 30 heavy (non-hydrogen) atoms. The molecule has 6 nitrogen and oxygen atoms in total. The van der Waals surface area contributed by atoms with Crippen LogP contribution in [0.15, 0.2) is 34.2 Å². The second-order valence-corrected chi connectivity index (χ2v) is 9.24. The van der Waals surface area contributed by atoms with Gasteiger partial charge in [-0.05, 0) is 44.7 Å². The lowest BCUT2D eigenvalue weighted by atomic mass is 9.86. The molecule has 0 unspecified atom stereocenters. The third-order valence-corrected chi connectivity index (χ3v) is 7.28. The maximum Gasteiger partial charge on any atom is 0.262 e. The van der Waals surface area contributed by atoms with Crippen molar-refractivity contribution in [1.29, 1.82) is 0 Å². The molecule has 1 saturated carbocycles. The lowest BCUT2D eigenvalue weighted by molar-refractivity contribution is -0.897. The second-order valence-electron chi connectivity index (χ2n) is 8.30. The van der Waals surface area contributed by atoms with Crippen LogP contribution in [-0.4, -0.2) is 46.9 Å². The zero-order valence-corrected chi connectivity index (χ0v) is 19.3. The fourth-order valence-electron chi connectivity index (χ4n) is 4.24. The van der Waals surface area contributed by atoms with Crippen LogP contribution in [0.3, 0.4) is 0 Å². The summed E-state index contributed by atoms with van der Waals surface area (Å²) in [6, 6.07) is 7.73. The summed E-state index contributed by atoms with van der Waals surface area (Å²) in [6.45, 7) is 10.1. The van der Waals surface area contributed by atoms with E-state index in [1.165, 1.54) is 35.9 Å². The van der Waals surface area contributed by atoms with E-state index in [9.17, 15) is 9.59 Å². The first kappa shape index (κ1) is 22.8. The minimum Gasteiger partial charge on any atom is -0.352 e. The number of amides is 1. The van der Waals surface area contributed by atoms with Gasteiger partial charge in [-0.3, -0.25) is 14.2 Å². The molecule has 0 aliphatic heterocycles. The molecule has 0 bridgehead atoms. The molecule has 1 amide bonds. The molecule has 7 heteroatoms. The van der Waals surface area contributed by atoms with Gasteiger partial charge in [0.05, 0.1) is 42.8 Å². The van der Waals surface area contributed by atoms with E-state index in [1.807, 2.05) is 24.3 Å². The minimum atomic E-state index is -0.0176. The number of quaternary nitrogens is 1. The summed E-state index contributed by atoms with van der Waals surface area (Å²) < 4.78 is 1.76.